The molecule has 1 aliphatic carbocycles. The fraction of sp³-hybridized carbons (Fsp3) is 0.600. The number of ketones is 4. The number of aliphatic hydroxyl groups is 1. The van der Waals surface area contributed by atoms with E-state index in [0.29, 0.717) is 0 Å². The summed E-state index contributed by atoms with van der Waals surface area (Å²) in [4.78, 5) is 45.6. The van der Waals surface area contributed by atoms with Gasteiger partial charge in [0.15, 0.2) is 23.0 Å². The van der Waals surface area contributed by atoms with Crippen molar-refractivity contribution in [1.82, 2.24) is 0 Å². The molecule has 1 fully saturated rings. The number of carbonyl (C=O) groups is 4. The van der Waals surface area contributed by atoms with Crippen LogP contribution in [0, 0.1) is 11.8 Å². The van der Waals surface area contributed by atoms with Gasteiger partial charge in [0, 0.05) is 0 Å². The Kier molecular flexibility index (Phi) is 2.61. The summed E-state index contributed by atoms with van der Waals surface area (Å²) in [6.07, 6.45) is 0. The van der Waals surface area contributed by atoms with E-state index in [-0.39, 0.29) is 0 Å². The highest BCUT2D eigenvalue weighted by molar-refractivity contribution is 6.34. The van der Waals surface area contributed by atoms with Crippen molar-refractivity contribution in [2.45, 2.75) is 26.4 Å². The number of hydrogen-bond acceptors (Lipinski definition) is 5. The van der Waals surface area contributed by atoms with Crippen molar-refractivity contribution in [2.75, 3.05) is 0 Å². The van der Waals surface area contributed by atoms with Crippen molar-refractivity contribution in [2.24, 2.45) is 11.8 Å². The molecule has 15 heavy (non-hydrogen) atoms. The van der Waals surface area contributed by atoms with Gasteiger partial charge < -0.3 is 5.11 Å². The van der Waals surface area contributed by atoms with E-state index < -0.39 is 40.6 Å². The molecular formula is C10H12O5. The van der Waals surface area contributed by atoms with Crippen molar-refractivity contribution >= 4 is 23.1 Å². The second kappa shape index (κ2) is 3.34. The van der Waals surface area contributed by atoms with Gasteiger partial charge in [0.05, 0.1) is 5.92 Å². The molecule has 82 valence electrons. The molecule has 0 radical (unpaired) electrons. The minimum Gasteiger partial charge on any atom is -0.375 e. The molecule has 1 N–H and O–H groups in total. The summed E-state index contributed by atoms with van der Waals surface area (Å²) >= 11 is 0. The van der Waals surface area contributed by atoms with E-state index in [4.69, 9.17) is 0 Å². The smallest absolute Gasteiger partial charge is 0.189 e. The lowest BCUT2D eigenvalue weighted by atomic mass is 9.70. The Morgan fingerprint density at radius 1 is 1.27 bits per heavy atom. The maximum absolute atomic E-state index is 11.5. The molecule has 0 spiro atoms. The molecule has 3 unspecified atom stereocenters. The van der Waals surface area contributed by atoms with Crippen LogP contribution in [0.1, 0.15) is 20.8 Å². The molecule has 0 amide bonds. The first-order chi connectivity index (χ1) is 6.71. The van der Waals surface area contributed by atoms with Gasteiger partial charge in [-0.2, -0.15) is 0 Å². The molecule has 1 aliphatic rings. The first kappa shape index (κ1) is 11.7. The molecule has 1 rings (SSSR count). The number of hydrogen-bond donors (Lipinski definition) is 1. The van der Waals surface area contributed by atoms with Crippen LogP contribution in [0.15, 0.2) is 0 Å². The zero-order valence-electron chi connectivity index (χ0n) is 8.73. The van der Waals surface area contributed by atoms with Crippen molar-refractivity contribution < 1.29 is 24.3 Å². The summed E-state index contributed by atoms with van der Waals surface area (Å²) in [6.45, 7) is 3.41. The summed E-state index contributed by atoms with van der Waals surface area (Å²) in [6, 6.07) is 0. The monoisotopic (exact) mass is 212 g/mol. The van der Waals surface area contributed by atoms with Crippen molar-refractivity contribution in [1.29, 1.82) is 0 Å². The molecule has 0 aromatic carbocycles. The Balaban J connectivity index is 3.25. The Hall–Kier alpha value is -1.36. The summed E-state index contributed by atoms with van der Waals surface area (Å²) in [7, 11) is 0. The van der Waals surface area contributed by atoms with Crippen LogP contribution in [0.2, 0.25) is 0 Å². The minimum atomic E-state index is -2.22. The molecule has 0 aliphatic heterocycles. The highest BCUT2D eigenvalue weighted by Crippen LogP contribution is 2.28. The van der Waals surface area contributed by atoms with Crippen LogP contribution in [-0.4, -0.2) is 33.8 Å². The van der Waals surface area contributed by atoms with Crippen molar-refractivity contribution in [3.8, 4) is 0 Å². The van der Waals surface area contributed by atoms with Crippen LogP contribution in [0.4, 0.5) is 0 Å². The van der Waals surface area contributed by atoms with E-state index >= 15 is 0 Å². The Bertz CT molecular complexity index is 366. The lowest BCUT2D eigenvalue weighted by Crippen LogP contribution is -2.59. The standard InChI is InChI=1S/C10H12O5/c1-4-7(12)6(5(2)11)9(14)10(3,15)8(4)13/h4,6,15H,1-3H3. The minimum absolute atomic E-state index is 0.635. The second-order valence-corrected chi connectivity index (χ2v) is 3.97. The zero-order chi connectivity index (χ0) is 12.0. The topological polar surface area (TPSA) is 88.5 Å². The quantitative estimate of drug-likeness (QED) is 0.580. The predicted molar refractivity (Wildman–Crippen MR) is 49.0 cm³/mol. The lowest BCUT2D eigenvalue weighted by Gasteiger charge is -2.32. The van der Waals surface area contributed by atoms with Gasteiger partial charge in [0.25, 0.3) is 0 Å². The van der Waals surface area contributed by atoms with E-state index in [1.165, 1.54) is 6.92 Å². The Morgan fingerprint density at radius 3 is 2.13 bits per heavy atom. The molecular weight excluding hydrogens is 200 g/mol. The molecule has 0 aromatic heterocycles. The highest BCUT2D eigenvalue weighted by Gasteiger charge is 2.55. The zero-order valence-corrected chi connectivity index (χ0v) is 8.73. The normalized spacial score (nSPS) is 36.9. The van der Waals surface area contributed by atoms with Crippen LogP contribution >= 0.6 is 0 Å². The molecule has 1 saturated carbocycles. The third-order valence-electron chi connectivity index (χ3n) is 2.73. The lowest BCUT2D eigenvalue weighted by molar-refractivity contribution is -0.164. The summed E-state index contributed by atoms with van der Waals surface area (Å²) in [5.41, 5.74) is -2.22. The molecule has 0 heterocycles. The summed E-state index contributed by atoms with van der Waals surface area (Å²) in [5, 5.41) is 9.62. The maximum Gasteiger partial charge on any atom is 0.189 e. The molecule has 0 aromatic rings. The van der Waals surface area contributed by atoms with Gasteiger partial charge in [-0.25, -0.2) is 0 Å². The van der Waals surface area contributed by atoms with E-state index in [1.807, 2.05) is 0 Å². The Labute approximate surface area is 86.5 Å². The van der Waals surface area contributed by atoms with Gasteiger partial charge in [-0.05, 0) is 20.8 Å². The van der Waals surface area contributed by atoms with Crippen LogP contribution < -0.4 is 0 Å². The van der Waals surface area contributed by atoms with E-state index in [9.17, 15) is 24.3 Å². The van der Waals surface area contributed by atoms with Crippen molar-refractivity contribution in [3.63, 3.8) is 0 Å². The summed E-state index contributed by atoms with van der Waals surface area (Å²) < 4.78 is 0. The first-order valence-electron chi connectivity index (χ1n) is 4.56. The predicted octanol–water partition coefficient (Wildman–Crippen LogP) is -0.700. The third-order valence-corrected chi connectivity index (χ3v) is 2.73. The molecule has 5 nitrogen and oxygen atoms in total. The van der Waals surface area contributed by atoms with Crippen molar-refractivity contribution in [3.05, 3.63) is 0 Å². The average molecular weight is 212 g/mol. The van der Waals surface area contributed by atoms with Gasteiger partial charge in [0.2, 0.25) is 0 Å². The molecule has 5 heteroatoms. The van der Waals surface area contributed by atoms with Gasteiger partial charge in [-0.3, -0.25) is 19.2 Å². The Morgan fingerprint density at radius 2 is 1.73 bits per heavy atom. The summed E-state index contributed by atoms with van der Waals surface area (Å²) in [5.74, 6) is -5.80. The largest absolute Gasteiger partial charge is 0.375 e. The fourth-order valence-corrected chi connectivity index (χ4v) is 1.72. The SMILES string of the molecule is CC(=O)C1C(=O)C(C)C(=O)C(C)(O)C1=O. The number of Topliss-reactive ketones (excluding diaryl/α,β-unsaturated/α-hetero) is 4. The molecule has 3 atom stereocenters. The van der Waals surface area contributed by atoms with Gasteiger partial charge in [-0.1, -0.05) is 0 Å². The van der Waals surface area contributed by atoms with Gasteiger partial charge in [-0.15, -0.1) is 0 Å². The van der Waals surface area contributed by atoms with Crippen LogP contribution in [-0.2, 0) is 19.2 Å². The first-order valence-corrected chi connectivity index (χ1v) is 4.56. The van der Waals surface area contributed by atoms with E-state index in [1.54, 1.807) is 0 Å². The van der Waals surface area contributed by atoms with Gasteiger partial charge in [0.1, 0.15) is 11.7 Å². The van der Waals surface area contributed by atoms with Crippen LogP contribution in [0.3, 0.4) is 0 Å². The highest BCUT2D eigenvalue weighted by atomic mass is 16.3. The fourth-order valence-electron chi connectivity index (χ4n) is 1.72. The third kappa shape index (κ3) is 1.52. The second-order valence-electron chi connectivity index (χ2n) is 3.97. The number of rotatable bonds is 1. The van der Waals surface area contributed by atoms with Crippen LogP contribution in [0.5, 0.6) is 0 Å². The molecule has 0 bridgehead atoms. The maximum atomic E-state index is 11.5. The molecule has 0 saturated heterocycles. The van der Waals surface area contributed by atoms with E-state index in [2.05, 4.69) is 0 Å². The number of carbonyl (C=O) groups excluding carboxylic acids is 4. The van der Waals surface area contributed by atoms with E-state index in [0.717, 1.165) is 13.8 Å². The van der Waals surface area contributed by atoms with Crippen LogP contribution in [0.25, 0.3) is 0 Å². The average Bonchev–Trinajstić information content (AvgIpc) is 2.12. The van der Waals surface area contributed by atoms with Gasteiger partial charge >= 0.3 is 0 Å².